The lowest BCUT2D eigenvalue weighted by molar-refractivity contribution is -0.174. The highest BCUT2D eigenvalue weighted by Crippen LogP contribution is 2.22. The van der Waals surface area contributed by atoms with Crippen molar-refractivity contribution in [2.24, 2.45) is 5.92 Å². The highest BCUT2D eigenvalue weighted by molar-refractivity contribution is 5.76. The zero-order chi connectivity index (χ0) is 16.8. The molecule has 0 aliphatic carbocycles. The Morgan fingerprint density at radius 1 is 1.41 bits per heavy atom. The summed E-state index contributed by atoms with van der Waals surface area (Å²) in [6, 6.07) is 3.43. The molecule has 1 amide bonds. The van der Waals surface area contributed by atoms with E-state index in [-0.39, 0.29) is 30.9 Å². The number of hydrogen-bond donors (Lipinski definition) is 1. The van der Waals surface area contributed by atoms with E-state index in [0.717, 1.165) is 11.3 Å². The molecule has 0 aliphatic rings. The molecule has 1 aromatic rings. The van der Waals surface area contributed by atoms with Gasteiger partial charge in [0.15, 0.2) is 0 Å². The maximum atomic E-state index is 11.9. The molecule has 0 saturated heterocycles. The second-order valence-electron chi connectivity index (χ2n) is 5.41. The van der Waals surface area contributed by atoms with Crippen LogP contribution in [0.2, 0.25) is 0 Å². The lowest BCUT2D eigenvalue weighted by atomic mass is 9.97. The Morgan fingerprint density at radius 2 is 2.09 bits per heavy atom. The number of rotatable bonds is 7. The Balaban J connectivity index is 2.54. The second-order valence-corrected chi connectivity index (χ2v) is 5.41. The van der Waals surface area contributed by atoms with Gasteiger partial charge in [0.1, 0.15) is 6.61 Å². The Morgan fingerprint density at radius 3 is 2.64 bits per heavy atom. The molecule has 1 heterocycles. The zero-order valence-electron chi connectivity index (χ0n) is 12.9. The number of alkyl halides is 3. The van der Waals surface area contributed by atoms with Crippen molar-refractivity contribution < 1.29 is 22.7 Å². The summed E-state index contributed by atoms with van der Waals surface area (Å²) in [6.07, 6.45) is -2.84. The molecule has 0 spiro atoms. The van der Waals surface area contributed by atoms with Crippen molar-refractivity contribution in [1.29, 1.82) is 0 Å². The number of aromatic nitrogens is 1. The number of hydrogen-bond acceptors (Lipinski definition) is 3. The van der Waals surface area contributed by atoms with Crippen molar-refractivity contribution in [1.82, 2.24) is 10.3 Å². The molecule has 1 unspecified atom stereocenters. The van der Waals surface area contributed by atoms with Crippen molar-refractivity contribution in [3.63, 3.8) is 0 Å². The number of nitrogens with zero attached hydrogens (tertiary/aromatic N) is 1. The summed E-state index contributed by atoms with van der Waals surface area (Å²) < 4.78 is 40.2. The molecule has 0 fully saturated rings. The van der Waals surface area contributed by atoms with Gasteiger partial charge >= 0.3 is 6.18 Å². The quantitative estimate of drug-likeness (QED) is 0.786. The highest BCUT2D eigenvalue weighted by atomic mass is 19.4. The number of carbonyl (C=O) groups excluding carboxylic acids is 1. The van der Waals surface area contributed by atoms with Crippen LogP contribution in [0, 0.1) is 12.8 Å². The Kier molecular flexibility index (Phi) is 6.80. The third-order valence-electron chi connectivity index (χ3n) is 3.07. The van der Waals surface area contributed by atoms with Crippen LogP contribution in [0.25, 0.3) is 0 Å². The van der Waals surface area contributed by atoms with Gasteiger partial charge in [-0.3, -0.25) is 9.78 Å². The van der Waals surface area contributed by atoms with E-state index in [1.54, 1.807) is 6.20 Å². The van der Waals surface area contributed by atoms with Crippen molar-refractivity contribution in [2.45, 2.75) is 39.4 Å². The lowest BCUT2D eigenvalue weighted by Gasteiger charge is -2.23. The van der Waals surface area contributed by atoms with Crippen LogP contribution < -0.4 is 5.32 Å². The topological polar surface area (TPSA) is 51.2 Å². The third-order valence-corrected chi connectivity index (χ3v) is 3.07. The first-order valence-electron chi connectivity index (χ1n) is 7.06. The van der Waals surface area contributed by atoms with Crippen molar-refractivity contribution in [3.05, 3.63) is 29.6 Å². The van der Waals surface area contributed by atoms with Crippen LogP contribution in [0.1, 0.15) is 37.6 Å². The monoisotopic (exact) mass is 318 g/mol. The van der Waals surface area contributed by atoms with Gasteiger partial charge in [-0.2, -0.15) is 13.2 Å². The molecule has 1 aromatic heterocycles. The van der Waals surface area contributed by atoms with Crippen LogP contribution in [0.4, 0.5) is 13.2 Å². The molecule has 0 aromatic carbocycles. The number of carbonyl (C=O) groups is 1. The molecule has 0 aliphatic heterocycles. The van der Waals surface area contributed by atoms with Crippen LogP contribution >= 0.6 is 0 Å². The fourth-order valence-corrected chi connectivity index (χ4v) is 1.97. The molecule has 0 saturated carbocycles. The highest BCUT2D eigenvalue weighted by Gasteiger charge is 2.27. The van der Waals surface area contributed by atoms with Gasteiger partial charge in [0.25, 0.3) is 0 Å². The summed E-state index contributed by atoms with van der Waals surface area (Å²) in [5.41, 5.74) is 1.72. The van der Waals surface area contributed by atoms with E-state index >= 15 is 0 Å². The van der Waals surface area contributed by atoms with E-state index in [2.05, 4.69) is 15.0 Å². The first-order valence-corrected chi connectivity index (χ1v) is 7.06. The summed E-state index contributed by atoms with van der Waals surface area (Å²) in [5, 5.41) is 2.81. The van der Waals surface area contributed by atoms with E-state index in [0.29, 0.717) is 0 Å². The first kappa shape index (κ1) is 18.4. The van der Waals surface area contributed by atoms with Crippen LogP contribution in [-0.2, 0) is 9.53 Å². The zero-order valence-corrected chi connectivity index (χ0v) is 12.9. The summed E-state index contributed by atoms with van der Waals surface area (Å²) in [7, 11) is 0. The predicted molar refractivity (Wildman–Crippen MR) is 76.2 cm³/mol. The maximum absolute atomic E-state index is 11.9. The summed E-state index contributed by atoms with van der Waals surface area (Å²) >= 11 is 0. The summed E-state index contributed by atoms with van der Waals surface area (Å²) in [6.45, 7) is 4.18. The Bertz CT molecular complexity index is 490. The fourth-order valence-electron chi connectivity index (χ4n) is 1.97. The normalized spacial score (nSPS) is 13.2. The number of aryl methyl sites for hydroxylation is 1. The predicted octanol–water partition coefficient (Wildman–Crippen LogP) is 3.17. The first-order chi connectivity index (χ1) is 10.2. The van der Waals surface area contributed by atoms with E-state index in [1.807, 2.05) is 32.9 Å². The van der Waals surface area contributed by atoms with Gasteiger partial charge in [0, 0.05) is 12.6 Å². The molecule has 22 heavy (non-hydrogen) atoms. The molecule has 0 radical (unpaired) electrons. The minimum absolute atomic E-state index is 0.105. The van der Waals surface area contributed by atoms with Crippen molar-refractivity contribution in [2.75, 3.05) is 13.2 Å². The molecule has 7 heteroatoms. The number of nitrogens with one attached hydrogen (secondary N) is 1. The summed E-state index contributed by atoms with van der Waals surface area (Å²) in [5.74, 6) is -0.250. The number of pyridine rings is 1. The van der Waals surface area contributed by atoms with Crippen molar-refractivity contribution in [3.8, 4) is 0 Å². The molecular weight excluding hydrogens is 297 g/mol. The fraction of sp³-hybridized carbons (Fsp3) is 0.600. The van der Waals surface area contributed by atoms with E-state index < -0.39 is 12.8 Å². The third kappa shape index (κ3) is 6.43. The minimum Gasteiger partial charge on any atom is -0.372 e. The molecule has 1 atom stereocenters. The maximum Gasteiger partial charge on any atom is 0.411 e. The van der Waals surface area contributed by atoms with Gasteiger partial charge in [-0.25, -0.2) is 0 Å². The number of halogens is 3. The average molecular weight is 318 g/mol. The van der Waals surface area contributed by atoms with Crippen LogP contribution in [0.15, 0.2) is 18.3 Å². The van der Waals surface area contributed by atoms with E-state index in [4.69, 9.17) is 0 Å². The van der Waals surface area contributed by atoms with Gasteiger partial charge in [0.05, 0.1) is 18.3 Å². The molecule has 1 N–H and O–H groups in total. The molecule has 1 rings (SSSR count). The Hall–Kier alpha value is -1.63. The smallest absolute Gasteiger partial charge is 0.372 e. The number of ether oxygens (including phenoxy) is 1. The SMILES string of the molecule is Cc1cccnc1C(NC(=O)CCOCC(F)(F)F)C(C)C. The summed E-state index contributed by atoms with van der Waals surface area (Å²) in [4.78, 5) is 16.2. The van der Waals surface area contributed by atoms with Gasteiger partial charge < -0.3 is 10.1 Å². The van der Waals surface area contributed by atoms with Crippen LogP contribution in [0.3, 0.4) is 0 Å². The van der Waals surface area contributed by atoms with Gasteiger partial charge in [-0.1, -0.05) is 19.9 Å². The minimum atomic E-state index is -4.37. The molecule has 0 bridgehead atoms. The second kappa shape index (κ2) is 8.12. The van der Waals surface area contributed by atoms with Crippen LogP contribution in [0.5, 0.6) is 0 Å². The Labute approximate surface area is 128 Å². The van der Waals surface area contributed by atoms with E-state index in [1.165, 1.54) is 0 Å². The van der Waals surface area contributed by atoms with Gasteiger partial charge in [-0.15, -0.1) is 0 Å². The number of amides is 1. The van der Waals surface area contributed by atoms with Crippen molar-refractivity contribution >= 4 is 5.91 Å². The average Bonchev–Trinajstić information content (AvgIpc) is 2.41. The molecule has 4 nitrogen and oxygen atoms in total. The van der Waals surface area contributed by atoms with E-state index in [9.17, 15) is 18.0 Å². The van der Waals surface area contributed by atoms with Crippen LogP contribution in [-0.4, -0.2) is 30.3 Å². The molecular formula is C15H21F3N2O2. The molecule has 124 valence electrons. The standard InChI is InChI=1S/C15H21F3N2O2/c1-10(2)13(14-11(3)5-4-7-19-14)20-12(21)6-8-22-9-15(16,17)18/h4-5,7,10,13H,6,8-9H2,1-3H3,(H,20,21). The van der Waals surface area contributed by atoms with Gasteiger partial charge in [-0.05, 0) is 24.5 Å². The largest absolute Gasteiger partial charge is 0.411 e. The lowest BCUT2D eigenvalue weighted by Crippen LogP contribution is -2.33. The van der Waals surface area contributed by atoms with Gasteiger partial charge in [0.2, 0.25) is 5.91 Å².